The number of phenols is 1. The standard InChI is InChI=1S/2C28H30N2O3.C28H29NO5/c1-2-3-12-23-13-9-14-24(29-23)19-30-18-22(26-15-7-8-16-27(26)30)17-25(31)20-33-28(32)21-10-5-4-6-11-21;1-2-3-11-24-16-21(14-15-29-24)18-30-19-23(26-12-7-8-13-27(26)30)17-25(31)20-33-28(32)22-9-5-4-6-10-22;1-2-14-33-24-13-12-21(27(31)16-24)17-29-18-22(25-10-6-7-11-26(25)29)15-23(30)19-34-28(32)20-8-4-3-5-9-20/h4-11,13-16,18,25,31H,2-3,12,17,19-20H2,1H3;4-10,12-16,19,25,31H,2-3,11,17-18,20H2,1H3;3-13,16,18,23,30-31H,2,14-15,17,19H2,1H3/t2*25-;23-/m000/s1. The van der Waals surface area contributed by atoms with E-state index in [0.29, 0.717) is 61.4 Å². The zero-order chi connectivity index (χ0) is 70.0. The molecule has 12 rings (SSSR count). The Balaban J connectivity index is 0.000000162. The Morgan fingerprint density at radius 3 is 1.29 bits per heavy atom. The maximum absolute atomic E-state index is 12.2. The molecule has 16 nitrogen and oxygen atoms in total. The lowest BCUT2D eigenvalue weighted by Crippen LogP contribution is -2.21. The second-order valence-corrected chi connectivity index (χ2v) is 25.0. The Kier molecular flexibility index (Phi) is 26.5. The number of fused-ring (bicyclic) bond motifs is 3. The van der Waals surface area contributed by atoms with Gasteiger partial charge in [-0.1, -0.05) is 149 Å². The van der Waals surface area contributed by atoms with Crippen molar-refractivity contribution < 1.29 is 53.8 Å². The van der Waals surface area contributed by atoms with Gasteiger partial charge in [-0.15, -0.1) is 0 Å². The predicted molar refractivity (Wildman–Crippen MR) is 392 cm³/mol. The Bertz CT molecular complexity index is 4380. The molecule has 7 aromatic carbocycles. The summed E-state index contributed by atoms with van der Waals surface area (Å²) < 4.78 is 28.0. The van der Waals surface area contributed by atoms with Crippen molar-refractivity contribution in [2.45, 2.75) is 123 Å². The number of carbonyl (C=O) groups is 3. The molecular formula is C84H89N5O11. The molecule has 4 N–H and O–H groups in total. The normalized spacial score (nSPS) is 12.0. The zero-order valence-corrected chi connectivity index (χ0v) is 57.2. The molecular weight excluding hydrogens is 1250 g/mol. The van der Waals surface area contributed by atoms with E-state index in [9.17, 15) is 34.8 Å². The summed E-state index contributed by atoms with van der Waals surface area (Å²) in [6.07, 6.45) is 14.3. The molecule has 516 valence electrons. The molecule has 16 heteroatoms. The third kappa shape index (κ3) is 20.5. The third-order valence-electron chi connectivity index (χ3n) is 17.1. The number of aliphatic hydroxyl groups is 3. The molecule has 0 saturated carbocycles. The SMILES string of the molecule is CCCCc1cc(Cn2cc(C[C@H](O)COC(=O)c3ccccc3)c3ccccc32)ccn1.CCCCc1cccc(Cn2cc(C[C@H](O)COC(=O)c3ccccc3)c3ccccc32)n1.CCCOc1ccc(Cn2cc(C[C@H](O)COC(=O)c3ccccc3)c3ccccc32)c(O)c1. The minimum Gasteiger partial charge on any atom is -0.507 e. The number of benzene rings is 7. The summed E-state index contributed by atoms with van der Waals surface area (Å²) in [7, 11) is 0. The van der Waals surface area contributed by atoms with Crippen LogP contribution in [0.2, 0.25) is 0 Å². The van der Waals surface area contributed by atoms with Gasteiger partial charge < -0.3 is 53.1 Å². The van der Waals surface area contributed by atoms with Gasteiger partial charge in [-0.2, -0.15) is 0 Å². The van der Waals surface area contributed by atoms with E-state index in [1.54, 1.807) is 78.9 Å². The van der Waals surface area contributed by atoms with Crippen LogP contribution in [0.3, 0.4) is 0 Å². The van der Waals surface area contributed by atoms with E-state index in [-0.39, 0.29) is 25.6 Å². The molecule has 3 atom stereocenters. The number of unbranched alkanes of at least 4 members (excludes halogenated alkanes) is 2. The second-order valence-electron chi connectivity index (χ2n) is 25.0. The Morgan fingerprint density at radius 1 is 0.420 bits per heavy atom. The van der Waals surface area contributed by atoms with Gasteiger partial charge in [-0.05, 0) is 145 Å². The highest BCUT2D eigenvalue weighted by Crippen LogP contribution is 2.30. The molecule has 0 amide bonds. The van der Waals surface area contributed by atoms with Crippen molar-refractivity contribution in [1.29, 1.82) is 0 Å². The Morgan fingerprint density at radius 2 is 0.840 bits per heavy atom. The predicted octanol–water partition coefficient (Wildman–Crippen LogP) is 15.3. The Labute approximate surface area is 584 Å². The fraction of sp³-hybridized carbons (Fsp3) is 0.274. The average Bonchev–Trinajstić information content (AvgIpc) is 1.66. The van der Waals surface area contributed by atoms with Crippen LogP contribution in [0, 0.1) is 0 Å². The summed E-state index contributed by atoms with van der Waals surface area (Å²) in [4.78, 5) is 45.8. The van der Waals surface area contributed by atoms with Crippen LogP contribution in [0.15, 0.2) is 237 Å². The molecule has 0 aliphatic carbocycles. The number of ether oxygens (including phenoxy) is 4. The van der Waals surface area contributed by atoms with Crippen molar-refractivity contribution in [1.82, 2.24) is 23.7 Å². The van der Waals surface area contributed by atoms with Crippen LogP contribution in [0.4, 0.5) is 0 Å². The van der Waals surface area contributed by atoms with E-state index in [0.717, 1.165) is 124 Å². The monoisotopic (exact) mass is 1340 g/mol. The van der Waals surface area contributed by atoms with E-state index in [4.69, 9.17) is 23.9 Å². The van der Waals surface area contributed by atoms with Gasteiger partial charge in [0.1, 0.15) is 31.3 Å². The highest BCUT2D eigenvalue weighted by molar-refractivity contribution is 5.91. The first-order valence-electron chi connectivity index (χ1n) is 34.6. The highest BCUT2D eigenvalue weighted by atomic mass is 16.6. The fourth-order valence-electron chi connectivity index (χ4n) is 12.1. The number of nitrogens with zero attached hydrogens (tertiary/aromatic N) is 5. The fourth-order valence-corrected chi connectivity index (χ4v) is 12.1. The van der Waals surface area contributed by atoms with Gasteiger partial charge in [0.2, 0.25) is 0 Å². The number of phenolic OH excluding ortho intramolecular Hbond substituents is 1. The average molecular weight is 1340 g/mol. The van der Waals surface area contributed by atoms with Gasteiger partial charge >= 0.3 is 17.9 Å². The molecule has 0 saturated heterocycles. The molecule has 0 bridgehead atoms. The first-order chi connectivity index (χ1) is 48.8. The maximum atomic E-state index is 12.2. The quantitative estimate of drug-likeness (QED) is 0.0244. The van der Waals surface area contributed by atoms with Crippen LogP contribution in [-0.4, -0.2) is 107 Å². The maximum Gasteiger partial charge on any atom is 0.338 e. The molecule has 0 aliphatic heterocycles. The summed E-state index contributed by atoms with van der Waals surface area (Å²) in [5.74, 6) is -0.473. The molecule has 12 aromatic rings. The van der Waals surface area contributed by atoms with Crippen molar-refractivity contribution in [3.05, 3.63) is 299 Å². The van der Waals surface area contributed by atoms with Crippen molar-refractivity contribution in [3.63, 3.8) is 0 Å². The van der Waals surface area contributed by atoms with Crippen molar-refractivity contribution in [3.8, 4) is 11.5 Å². The number of aromatic nitrogens is 5. The van der Waals surface area contributed by atoms with E-state index in [2.05, 4.69) is 99.5 Å². The molecule has 100 heavy (non-hydrogen) atoms. The number of aryl methyl sites for hydroxylation is 2. The lowest BCUT2D eigenvalue weighted by molar-refractivity contribution is 0.0256. The Hall–Kier alpha value is -10.7. The summed E-state index contributed by atoms with van der Waals surface area (Å²) in [6.45, 7) is 8.71. The van der Waals surface area contributed by atoms with Gasteiger partial charge in [0.05, 0.1) is 60.4 Å². The number of hydrogen-bond acceptors (Lipinski definition) is 13. The number of aliphatic hydroxyl groups excluding tert-OH is 3. The van der Waals surface area contributed by atoms with Crippen molar-refractivity contribution in [2.75, 3.05) is 26.4 Å². The lowest BCUT2D eigenvalue weighted by atomic mass is 10.1. The van der Waals surface area contributed by atoms with Crippen LogP contribution in [0.25, 0.3) is 32.7 Å². The van der Waals surface area contributed by atoms with E-state index in [1.165, 1.54) is 5.56 Å². The van der Waals surface area contributed by atoms with Gasteiger partial charge in [0.15, 0.2) is 0 Å². The van der Waals surface area contributed by atoms with E-state index >= 15 is 0 Å². The van der Waals surface area contributed by atoms with Crippen LogP contribution >= 0.6 is 0 Å². The van der Waals surface area contributed by atoms with Crippen LogP contribution in [0.5, 0.6) is 11.5 Å². The largest absolute Gasteiger partial charge is 0.507 e. The van der Waals surface area contributed by atoms with Crippen molar-refractivity contribution >= 4 is 50.6 Å². The molecule has 0 spiro atoms. The van der Waals surface area contributed by atoms with Gasteiger partial charge in [0, 0.05) is 106 Å². The molecule has 5 heterocycles. The third-order valence-corrected chi connectivity index (χ3v) is 17.1. The minimum atomic E-state index is -0.838. The molecule has 5 aromatic heterocycles. The first-order valence-corrected chi connectivity index (χ1v) is 34.6. The molecule has 0 unspecified atom stereocenters. The summed E-state index contributed by atoms with van der Waals surface area (Å²) >= 11 is 0. The van der Waals surface area contributed by atoms with Gasteiger partial charge in [-0.3, -0.25) is 9.97 Å². The summed E-state index contributed by atoms with van der Waals surface area (Å²) in [5, 5.41) is 45.4. The van der Waals surface area contributed by atoms with Crippen LogP contribution in [-0.2, 0) is 65.9 Å². The van der Waals surface area contributed by atoms with Crippen LogP contribution in [0.1, 0.15) is 129 Å². The number of hydrogen-bond donors (Lipinski definition) is 4. The number of carbonyl (C=O) groups excluding carboxylic acids is 3. The summed E-state index contributed by atoms with van der Waals surface area (Å²) in [5.41, 5.74) is 12.9. The lowest BCUT2D eigenvalue weighted by Gasteiger charge is -2.11. The minimum absolute atomic E-state index is 0.0433. The van der Waals surface area contributed by atoms with Crippen molar-refractivity contribution in [2.24, 2.45) is 0 Å². The molecule has 0 radical (unpaired) electrons. The van der Waals surface area contributed by atoms with E-state index < -0.39 is 36.2 Å². The van der Waals surface area contributed by atoms with E-state index in [1.807, 2.05) is 98.2 Å². The van der Waals surface area contributed by atoms with Crippen LogP contribution < -0.4 is 4.74 Å². The second kappa shape index (κ2) is 36.8. The highest BCUT2D eigenvalue weighted by Gasteiger charge is 2.20. The summed E-state index contributed by atoms with van der Waals surface area (Å²) in [6, 6.07) is 66.5. The number of para-hydroxylation sites is 3. The molecule has 0 fully saturated rings. The zero-order valence-electron chi connectivity index (χ0n) is 57.2. The number of esters is 3. The number of rotatable bonds is 30. The number of aromatic hydroxyl groups is 1. The van der Waals surface area contributed by atoms with Gasteiger partial charge in [0.25, 0.3) is 0 Å². The first kappa shape index (κ1) is 72.1. The topological polar surface area (TPSA) is 210 Å². The van der Waals surface area contributed by atoms with Gasteiger partial charge in [-0.25, -0.2) is 14.4 Å². The smallest absolute Gasteiger partial charge is 0.338 e. The molecule has 0 aliphatic rings. The number of pyridine rings is 2.